The fourth-order valence-electron chi connectivity index (χ4n) is 2.66. The van der Waals surface area contributed by atoms with Gasteiger partial charge in [-0.25, -0.2) is 0 Å². The van der Waals surface area contributed by atoms with E-state index in [-0.39, 0.29) is 36.4 Å². The Morgan fingerprint density at radius 2 is 2.28 bits per heavy atom. The third-order valence-corrected chi connectivity index (χ3v) is 4.10. The quantitative estimate of drug-likeness (QED) is 0.284. The molecule has 1 aliphatic heterocycles. The van der Waals surface area contributed by atoms with Crippen molar-refractivity contribution in [2.45, 2.75) is 25.8 Å². The van der Waals surface area contributed by atoms with Crippen LogP contribution in [0.15, 0.2) is 29.3 Å². The molecule has 1 aromatic carbocycles. The fourth-order valence-corrected chi connectivity index (χ4v) is 2.84. The molecule has 6 nitrogen and oxygen atoms in total. The van der Waals surface area contributed by atoms with E-state index in [1.54, 1.807) is 0 Å². The number of methoxy groups -OCH3 is 1. The minimum absolute atomic E-state index is 0. The van der Waals surface area contributed by atoms with E-state index in [1.807, 2.05) is 25.1 Å². The van der Waals surface area contributed by atoms with Gasteiger partial charge in [-0.3, -0.25) is 9.79 Å². The van der Waals surface area contributed by atoms with Crippen LogP contribution in [0.2, 0.25) is 5.02 Å². The Morgan fingerprint density at radius 1 is 1.48 bits per heavy atom. The maximum absolute atomic E-state index is 11.2. The van der Waals surface area contributed by atoms with Crippen molar-refractivity contribution in [3.8, 4) is 0 Å². The molecule has 1 heterocycles. The molecule has 0 aliphatic carbocycles. The molecule has 1 unspecified atom stereocenters. The highest BCUT2D eigenvalue weighted by Gasteiger charge is 2.23. The zero-order valence-electron chi connectivity index (χ0n) is 14.6. The number of carbonyl (C=O) groups is 1. The summed E-state index contributed by atoms with van der Waals surface area (Å²) >= 11 is 6.07. The van der Waals surface area contributed by atoms with Crippen LogP contribution in [0.3, 0.4) is 0 Å². The van der Waals surface area contributed by atoms with E-state index in [2.05, 4.69) is 31.3 Å². The van der Waals surface area contributed by atoms with Crippen LogP contribution in [0.5, 0.6) is 0 Å². The Bertz CT molecular complexity index is 586. The van der Waals surface area contributed by atoms with Crippen LogP contribution in [0.4, 0.5) is 5.69 Å². The monoisotopic (exact) mass is 480 g/mol. The molecular formula is C17H26ClIN4O2. The molecule has 8 heteroatoms. The second-order valence-electron chi connectivity index (χ2n) is 5.64. The van der Waals surface area contributed by atoms with Crippen LogP contribution in [-0.2, 0) is 9.53 Å². The van der Waals surface area contributed by atoms with Crippen molar-refractivity contribution in [1.29, 1.82) is 0 Å². The van der Waals surface area contributed by atoms with E-state index in [4.69, 9.17) is 11.6 Å². The summed E-state index contributed by atoms with van der Waals surface area (Å²) in [5, 5.41) is 7.40. The molecule has 1 aliphatic rings. The average Bonchev–Trinajstić information content (AvgIpc) is 3.03. The summed E-state index contributed by atoms with van der Waals surface area (Å²) in [5.41, 5.74) is 1.14. The van der Waals surface area contributed by atoms with Gasteiger partial charge < -0.3 is 20.3 Å². The number of hydrogen-bond donors (Lipinski definition) is 2. The summed E-state index contributed by atoms with van der Waals surface area (Å²) in [6.45, 7) is 5.06. The summed E-state index contributed by atoms with van der Waals surface area (Å²) < 4.78 is 4.63. The van der Waals surface area contributed by atoms with Gasteiger partial charge in [0.1, 0.15) is 0 Å². The molecule has 0 radical (unpaired) electrons. The molecule has 0 bridgehead atoms. The number of nitrogens with zero attached hydrogens (tertiary/aromatic N) is 2. The highest BCUT2D eigenvalue weighted by Crippen LogP contribution is 2.23. The van der Waals surface area contributed by atoms with Gasteiger partial charge in [-0.15, -0.1) is 24.0 Å². The Hall–Kier alpha value is -1.22. The lowest BCUT2D eigenvalue weighted by atomic mass is 10.2. The first-order valence-electron chi connectivity index (χ1n) is 8.24. The standard InChI is InChI=1S/C17H25ClN4O2.HI/c1-3-19-17(20-9-7-16(23)24-2)21-14-8-10-22(12-14)15-6-4-5-13(18)11-15;/h4-6,11,14H,3,7-10,12H2,1-2H3,(H2,19,20,21);1H. The number of benzene rings is 1. The van der Waals surface area contributed by atoms with Gasteiger partial charge in [0.2, 0.25) is 0 Å². The molecule has 1 saturated heterocycles. The fraction of sp³-hybridized carbons (Fsp3) is 0.529. The Labute approximate surface area is 171 Å². The summed E-state index contributed by atoms with van der Waals surface area (Å²) in [4.78, 5) is 17.9. The lowest BCUT2D eigenvalue weighted by Gasteiger charge is -2.20. The van der Waals surface area contributed by atoms with Crippen LogP contribution < -0.4 is 15.5 Å². The number of hydrogen-bond acceptors (Lipinski definition) is 4. The first-order chi connectivity index (χ1) is 11.6. The molecule has 140 valence electrons. The second-order valence-corrected chi connectivity index (χ2v) is 6.08. The summed E-state index contributed by atoms with van der Waals surface area (Å²) in [6.07, 6.45) is 1.31. The van der Waals surface area contributed by atoms with Gasteiger partial charge in [0, 0.05) is 36.4 Å². The maximum Gasteiger partial charge on any atom is 0.307 e. The minimum atomic E-state index is -0.248. The Balaban J connectivity index is 0.00000312. The molecule has 0 spiro atoms. The molecule has 1 atom stereocenters. The van der Waals surface area contributed by atoms with Crippen LogP contribution in [0.25, 0.3) is 0 Å². The zero-order chi connectivity index (χ0) is 17.4. The van der Waals surface area contributed by atoms with Crippen molar-refractivity contribution >= 4 is 53.2 Å². The molecule has 0 saturated carbocycles. The number of carbonyl (C=O) groups excluding carboxylic acids is 1. The van der Waals surface area contributed by atoms with E-state index >= 15 is 0 Å². The summed E-state index contributed by atoms with van der Waals surface area (Å²) in [7, 11) is 1.39. The highest BCUT2D eigenvalue weighted by molar-refractivity contribution is 14.0. The molecule has 0 amide bonds. The van der Waals surface area contributed by atoms with E-state index in [9.17, 15) is 4.79 Å². The van der Waals surface area contributed by atoms with E-state index in [0.29, 0.717) is 12.6 Å². The maximum atomic E-state index is 11.2. The van der Waals surface area contributed by atoms with Crippen molar-refractivity contribution in [3.63, 3.8) is 0 Å². The highest BCUT2D eigenvalue weighted by atomic mass is 127. The number of guanidine groups is 1. The molecule has 2 N–H and O–H groups in total. The minimum Gasteiger partial charge on any atom is -0.469 e. The first-order valence-corrected chi connectivity index (χ1v) is 8.62. The van der Waals surface area contributed by atoms with Gasteiger partial charge in [0.25, 0.3) is 0 Å². The molecule has 25 heavy (non-hydrogen) atoms. The number of rotatable bonds is 6. The summed E-state index contributed by atoms with van der Waals surface area (Å²) in [5.74, 6) is 0.488. The van der Waals surface area contributed by atoms with Crippen LogP contribution in [-0.4, -0.2) is 51.3 Å². The van der Waals surface area contributed by atoms with Gasteiger partial charge in [-0.05, 0) is 31.5 Å². The molecule has 1 fully saturated rings. The van der Waals surface area contributed by atoms with E-state index < -0.39 is 0 Å². The normalized spacial score (nSPS) is 17.0. The third-order valence-electron chi connectivity index (χ3n) is 3.86. The molecule has 2 rings (SSSR count). The van der Waals surface area contributed by atoms with Gasteiger partial charge >= 0.3 is 5.97 Å². The van der Waals surface area contributed by atoms with Gasteiger partial charge in [-0.2, -0.15) is 0 Å². The van der Waals surface area contributed by atoms with E-state index in [0.717, 1.165) is 42.7 Å². The Kier molecular flexibility index (Phi) is 9.96. The van der Waals surface area contributed by atoms with Crippen molar-refractivity contribution in [2.75, 3.05) is 38.2 Å². The smallest absolute Gasteiger partial charge is 0.307 e. The topological polar surface area (TPSA) is 66.0 Å². The number of anilines is 1. The van der Waals surface area contributed by atoms with Crippen molar-refractivity contribution in [1.82, 2.24) is 10.6 Å². The van der Waals surface area contributed by atoms with Gasteiger partial charge in [0.15, 0.2) is 5.96 Å². The zero-order valence-corrected chi connectivity index (χ0v) is 17.7. The van der Waals surface area contributed by atoms with E-state index in [1.165, 1.54) is 7.11 Å². The number of aliphatic imine (C=N–C) groups is 1. The Morgan fingerprint density at radius 3 is 2.96 bits per heavy atom. The first kappa shape index (κ1) is 21.8. The predicted molar refractivity (Wildman–Crippen MR) is 113 cm³/mol. The van der Waals surface area contributed by atoms with Crippen LogP contribution >= 0.6 is 35.6 Å². The predicted octanol–water partition coefficient (Wildman–Crippen LogP) is 2.65. The van der Waals surface area contributed by atoms with Crippen molar-refractivity contribution < 1.29 is 9.53 Å². The summed E-state index contributed by atoms with van der Waals surface area (Å²) in [6, 6.07) is 8.22. The third kappa shape index (κ3) is 7.27. The number of esters is 1. The lowest BCUT2D eigenvalue weighted by molar-refractivity contribution is -0.140. The number of nitrogens with one attached hydrogen (secondary N) is 2. The number of halogens is 2. The lowest BCUT2D eigenvalue weighted by Crippen LogP contribution is -2.44. The molecular weight excluding hydrogens is 455 g/mol. The van der Waals surface area contributed by atoms with Crippen LogP contribution in [0, 0.1) is 0 Å². The number of ether oxygens (including phenoxy) is 1. The second kappa shape index (κ2) is 11.4. The SMILES string of the molecule is CCNC(=NCCC(=O)OC)NC1CCN(c2cccc(Cl)c2)C1.I. The van der Waals surface area contributed by atoms with Gasteiger partial charge in [-0.1, -0.05) is 17.7 Å². The molecule has 0 aromatic heterocycles. The van der Waals surface area contributed by atoms with Gasteiger partial charge in [0.05, 0.1) is 20.1 Å². The average molecular weight is 481 g/mol. The van der Waals surface area contributed by atoms with Crippen molar-refractivity contribution in [3.05, 3.63) is 29.3 Å². The largest absolute Gasteiger partial charge is 0.469 e. The van der Waals surface area contributed by atoms with Crippen molar-refractivity contribution in [2.24, 2.45) is 4.99 Å². The molecule has 1 aromatic rings. The van der Waals surface area contributed by atoms with Crippen LogP contribution in [0.1, 0.15) is 19.8 Å².